The van der Waals surface area contributed by atoms with Gasteiger partial charge in [-0.1, -0.05) is 19.9 Å². The van der Waals surface area contributed by atoms with Crippen LogP contribution in [0.3, 0.4) is 0 Å². The molecule has 5 nitrogen and oxygen atoms in total. The fourth-order valence-corrected chi connectivity index (χ4v) is 3.90. The molecule has 1 aromatic carbocycles. The van der Waals surface area contributed by atoms with E-state index in [0.29, 0.717) is 48.9 Å². The van der Waals surface area contributed by atoms with Crippen LogP contribution >= 0.6 is 0 Å². The highest BCUT2D eigenvalue weighted by Crippen LogP contribution is 2.27. The predicted molar refractivity (Wildman–Crippen MR) is 116 cm³/mol. The van der Waals surface area contributed by atoms with E-state index < -0.39 is 17.5 Å². The van der Waals surface area contributed by atoms with Gasteiger partial charge < -0.3 is 14.7 Å². The van der Waals surface area contributed by atoms with Crippen LogP contribution in [0.5, 0.6) is 5.88 Å². The first kappa shape index (κ1) is 23.1. The monoisotopic (exact) mass is 432 g/mol. The zero-order chi connectivity index (χ0) is 22.4. The summed E-state index contributed by atoms with van der Waals surface area (Å²) in [6.45, 7) is 6.60. The third kappa shape index (κ3) is 6.00. The van der Waals surface area contributed by atoms with E-state index in [1.165, 1.54) is 18.3 Å². The molecule has 0 bridgehead atoms. The van der Waals surface area contributed by atoms with E-state index >= 15 is 0 Å². The Bertz CT molecular complexity index is 877. The molecule has 2 heterocycles. The minimum Gasteiger partial charge on any atom is -0.478 e. The Morgan fingerprint density at radius 3 is 2.48 bits per heavy atom. The Morgan fingerprint density at radius 1 is 1.23 bits per heavy atom. The molecule has 7 heteroatoms. The number of pyridine rings is 1. The highest BCUT2D eigenvalue weighted by Gasteiger charge is 2.30. The van der Waals surface area contributed by atoms with E-state index in [2.05, 4.69) is 9.88 Å². The van der Waals surface area contributed by atoms with Gasteiger partial charge in [0.25, 0.3) is 0 Å². The van der Waals surface area contributed by atoms with Crippen LogP contribution in [-0.4, -0.2) is 52.9 Å². The van der Waals surface area contributed by atoms with Gasteiger partial charge in [-0.15, -0.1) is 0 Å². The molecule has 1 saturated heterocycles. The van der Waals surface area contributed by atoms with Crippen LogP contribution < -0.4 is 4.74 Å². The second kappa shape index (κ2) is 10.2. The van der Waals surface area contributed by atoms with Crippen LogP contribution in [0.15, 0.2) is 36.5 Å². The molecule has 0 spiro atoms. The van der Waals surface area contributed by atoms with Crippen molar-refractivity contribution < 1.29 is 23.4 Å². The molecule has 0 atom stereocenters. The minimum atomic E-state index is -1.17. The molecule has 0 amide bonds. The maximum absolute atomic E-state index is 14.6. The van der Waals surface area contributed by atoms with Crippen LogP contribution in [0.25, 0.3) is 11.1 Å². The molecule has 0 radical (unpaired) electrons. The van der Waals surface area contributed by atoms with E-state index in [1.54, 1.807) is 12.1 Å². The highest BCUT2D eigenvalue weighted by atomic mass is 19.1. The third-order valence-electron chi connectivity index (χ3n) is 6.21. The maximum atomic E-state index is 14.6. The quantitative estimate of drug-likeness (QED) is 0.590. The van der Waals surface area contributed by atoms with Crippen molar-refractivity contribution in [2.24, 2.45) is 5.92 Å². The molecule has 0 saturated carbocycles. The Kier molecular flexibility index (Phi) is 7.59. The van der Waals surface area contributed by atoms with Gasteiger partial charge in [-0.3, -0.25) is 0 Å². The molecular weight excluding hydrogens is 402 g/mol. The normalized spacial score (nSPS) is 15.7. The number of piperidine rings is 1. The van der Waals surface area contributed by atoms with Crippen molar-refractivity contribution in [1.82, 2.24) is 9.88 Å². The average molecular weight is 433 g/mol. The first-order valence-corrected chi connectivity index (χ1v) is 10.9. The molecule has 168 valence electrons. The molecule has 1 aliphatic rings. The summed E-state index contributed by atoms with van der Waals surface area (Å²) in [5.74, 6) is -0.909. The zero-order valence-corrected chi connectivity index (χ0v) is 18.1. The van der Waals surface area contributed by atoms with E-state index in [0.717, 1.165) is 32.0 Å². The Hall–Kier alpha value is -2.54. The molecule has 3 rings (SSSR count). The lowest BCUT2D eigenvalue weighted by molar-refractivity contribution is 0.0565. The molecule has 2 aromatic rings. The van der Waals surface area contributed by atoms with E-state index in [9.17, 15) is 13.6 Å². The van der Waals surface area contributed by atoms with Gasteiger partial charge in [-0.2, -0.15) is 0 Å². The number of nitrogens with zero attached hydrogens (tertiary/aromatic N) is 2. The Balaban J connectivity index is 1.50. The van der Waals surface area contributed by atoms with Crippen molar-refractivity contribution >= 4 is 5.97 Å². The lowest BCUT2D eigenvalue weighted by Crippen LogP contribution is -2.44. The van der Waals surface area contributed by atoms with Gasteiger partial charge in [-0.25, -0.2) is 18.6 Å². The zero-order valence-electron chi connectivity index (χ0n) is 18.1. The number of benzene rings is 1. The summed E-state index contributed by atoms with van der Waals surface area (Å²) in [6.07, 6.45) is 4.53. The van der Waals surface area contributed by atoms with Crippen molar-refractivity contribution in [2.75, 3.05) is 26.2 Å². The van der Waals surface area contributed by atoms with Gasteiger partial charge in [0.2, 0.25) is 5.88 Å². The van der Waals surface area contributed by atoms with Crippen molar-refractivity contribution in [2.45, 2.75) is 45.2 Å². The van der Waals surface area contributed by atoms with Crippen LogP contribution in [0.4, 0.5) is 8.78 Å². The van der Waals surface area contributed by atoms with Crippen LogP contribution in [0, 0.1) is 11.7 Å². The number of aromatic carboxylic acids is 1. The standard InChI is InChI=1S/C24H30F2N2O3/c1-3-24(26,4-2)16-28-11-9-17(10-12-28)15-31-22-8-6-19(14-27-22)20-7-5-18(23(29)30)13-21(20)25/h5-8,13-14,17H,3-4,9-12,15-16H2,1-2H3,(H,29,30). The highest BCUT2D eigenvalue weighted by molar-refractivity contribution is 5.88. The van der Waals surface area contributed by atoms with Gasteiger partial charge in [0.15, 0.2) is 0 Å². The van der Waals surface area contributed by atoms with Crippen molar-refractivity contribution in [3.63, 3.8) is 0 Å². The summed E-state index contributed by atoms with van der Waals surface area (Å²) < 4.78 is 34.7. The second-order valence-electron chi connectivity index (χ2n) is 8.27. The summed E-state index contributed by atoms with van der Waals surface area (Å²) in [5, 5.41) is 8.95. The summed E-state index contributed by atoms with van der Waals surface area (Å²) in [5.41, 5.74) is -0.347. The second-order valence-corrected chi connectivity index (χ2v) is 8.27. The molecule has 0 unspecified atom stereocenters. The van der Waals surface area contributed by atoms with Gasteiger partial charge in [0, 0.05) is 29.9 Å². The summed E-state index contributed by atoms with van der Waals surface area (Å²) >= 11 is 0. The third-order valence-corrected chi connectivity index (χ3v) is 6.21. The van der Waals surface area contributed by atoms with Gasteiger partial charge in [0.05, 0.1) is 12.2 Å². The molecule has 1 aromatic heterocycles. The number of rotatable bonds is 9. The maximum Gasteiger partial charge on any atom is 0.335 e. The minimum absolute atomic E-state index is 0.0956. The van der Waals surface area contributed by atoms with E-state index in [-0.39, 0.29) is 5.56 Å². The number of ether oxygens (including phenoxy) is 1. The largest absolute Gasteiger partial charge is 0.478 e. The summed E-state index contributed by atoms with van der Waals surface area (Å²) in [7, 11) is 0. The number of carboxylic acid groups (broad SMARTS) is 1. The number of carboxylic acids is 1. The van der Waals surface area contributed by atoms with E-state index in [1.807, 2.05) is 13.8 Å². The van der Waals surface area contributed by atoms with Gasteiger partial charge in [-0.05, 0) is 62.9 Å². The molecular formula is C24H30F2N2O3. The van der Waals surface area contributed by atoms with Crippen molar-refractivity contribution in [3.05, 3.63) is 47.9 Å². The number of aromatic nitrogens is 1. The summed E-state index contributed by atoms with van der Waals surface area (Å²) in [4.78, 5) is 17.4. The van der Waals surface area contributed by atoms with Crippen molar-refractivity contribution in [1.29, 1.82) is 0 Å². The molecule has 1 aliphatic heterocycles. The number of hydrogen-bond donors (Lipinski definition) is 1. The molecule has 1 N–H and O–H groups in total. The van der Waals surface area contributed by atoms with Crippen molar-refractivity contribution in [3.8, 4) is 17.0 Å². The Morgan fingerprint density at radius 2 is 1.94 bits per heavy atom. The first-order chi connectivity index (χ1) is 14.8. The number of likely N-dealkylation sites (tertiary alicyclic amines) is 1. The molecule has 1 fully saturated rings. The van der Waals surface area contributed by atoms with Crippen LogP contribution in [0.1, 0.15) is 49.9 Å². The lowest BCUT2D eigenvalue weighted by Gasteiger charge is -2.36. The number of halogens is 2. The van der Waals surface area contributed by atoms with Gasteiger partial charge in [0.1, 0.15) is 11.5 Å². The van der Waals surface area contributed by atoms with Crippen LogP contribution in [0.2, 0.25) is 0 Å². The number of hydrogen-bond acceptors (Lipinski definition) is 4. The molecule has 31 heavy (non-hydrogen) atoms. The fourth-order valence-electron chi connectivity index (χ4n) is 3.90. The smallest absolute Gasteiger partial charge is 0.335 e. The fraction of sp³-hybridized carbons (Fsp3) is 0.500. The lowest BCUT2D eigenvalue weighted by atomic mass is 9.94. The summed E-state index contributed by atoms with van der Waals surface area (Å²) in [6, 6.07) is 7.20. The average Bonchev–Trinajstić information content (AvgIpc) is 2.79. The Labute approximate surface area is 182 Å². The molecule has 0 aliphatic carbocycles. The predicted octanol–water partition coefficient (Wildman–Crippen LogP) is 5.21. The number of carbonyl (C=O) groups is 1. The SMILES string of the molecule is CCC(F)(CC)CN1CCC(COc2ccc(-c3ccc(C(=O)O)cc3F)cn2)CC1. The topological polar surface area (TPSA) is 62.7 Å². The van der Waals surface area contributed by atoms with Crippen LogP contribution in [-0.2, 0) is 0 Å². The number of alkyl halides is 1. The van der Waals surface area contributed by atoms with E-state index in [4.69, 9.17) is 9.84 Å². The first-order valence-electron chi connectivity index (χ1n) is 10.9. The van der Waals surface area contributed by atoms with Gasteiger partial charge >= 0.3 is 5.97 Å².